The van der Waals surface area contributed by atoms with Crippen molar-refractivity contribution in [1.29, 1.82) is 0 Å². The van der Waals surface area contributed by atoms with Gasteiger partial charge in [-0.2, -0.15) is 0 Å². The van der Waals surface area contributed by atoms with Crippen LogP contribution >= 0.6 is 0 Å². The average molecular weight is 359 g/mol. The zero-order valence-corrected chi connectivity index (χ0v) is 15.8. The molecular weight excluding hydrogens is 330 g/mol. The van der Waals surface area contributed by atoms with Crippen molar-refractivity contribution in [3.63, 3.8) is 0 Å². The summed E-state index contributed by atoms with van der Waals surface area (Å²) in [7, 11) is 0. The molecule has 2 heterocycles. The van der Waals surface area contributed by atoms with E-state index in [9.17, 15) is 9.59 Å². The van der Waals surface area contributed by atoms with Crippen LogP contribution in [0.2, 0.25) is 0 Å². The van der Waals surface area contributed by atoms with E-state index in [4.69, 9.17) is 4.74 Å². The summed E-state index contributed by atoms with van der Waals surface area (Å²) in [4.78, 5) is 30.7. The molecule has 0 aromatic heterocycles. The maximum absolute atomic E-state index is 12.8. The molecule has 142 valence electrons. The molecular formula is C20H29N3O3. The first-order valence-electron chi connectivity index (χ1n) is 9.60. The molecule has 6 nitrogen and oxygen atoms in total. The molecule has 3 rings (SSSR count). The van der Waals surface area contributed by atoms with E-state index in [1.54, 1.807) is 4.90 Å². The van der Waals surface area contributed by atoms with Crippen LogP contribution in [0.1, 0.15) is 25.3 Å². The Morgan fingerprint density at radius 1 is 1.04 bits per heavy atom. The lowest BCUT2D eigenvalue weighted by Gasteiger charge is -2.39. The third kappa shape index (κ3) is 4.29. The molecule has 2 saturated heterocycles. The van der Waals surface area contributed by atoms with Crippen LogP contribution in [0.3, 0.4) is 0 Å². The second-order valence-corrected chi connectivity index (χ2v) is 7.11. The van der Waals surface area contributed by atoms with Crippen molar-refractivity contribution >= 4 is 17.7 Å². The van der Waals surface area contributed by atoms with Gasteiger partial charge in [-0.15, -0.1) is 0 Å². The Labute approximate surface area is 155 Å². The third-order valence-electron chi connectivity index (χ3n) is 5.33. The molecule has 26 heavy (non-hydrogen) atoms. The lowest BCUT2D eigenvalue weighted by molar-refractivity contribution is -0.137. The fourth-order valence-electron chi connectivity index (χ4n) is 3.79. The predicted octanol–water partition coefficient (Wildman–Crippen LogP) is 2.51. The number of piperazine rings is 1. The van der Waals surface area contributed by atoms with Crippen molar-refractivity contribution < 1.29 is 14.3 Å². The van der Waals surface area contributed by atoms with Gasteiger partial charge < -0.3 is 19.4 Å². The number of piperidine rings is 1. The van der Waals surface area contributed by atoms with E-state index in [2.05, 4.69) is 36.1 Å². The molecule has 2 amide bonds. The molecule has 0 bridgehead atoms. The van der Waals surface area contributed by atoms with Gasteiger partial charge in [0.25, 0.3) is 0 Å². The Hall–Kier alpha value is -2.24. The first-order chi connectivity index (χ1) is 12.6. The fourth-order valence-corrected chi connectivity index (χ4v) is 3.79. The van der Waals surface area contributed by atoms with E-state index < -0.39 is 0 Å². The van der Waals surface area contributed by atoms with Crippen LogP contribution in [-0.2, 0) is 9.53 Å². The molecule has 0 radical (unpaired) electrons. The molecule has 0 atom stereocenters. The maximum atomic E-state index is 12.8. The first-order valence-corrected chi connectivity index (χ1v) is 9.60. The molecule has 0 saturated carbocycles. The van der Waals surface area contributed by atoms with Gasteiger partial charge in [0.15, 0.2) is 0 Å². The van der Waals surface area contributed by atoms with Crippen molar-refractivity contribution in [2.24, 2.45) is 5.92 Å². The number of nitrogens with zero attached hydrogens (tertiary/aromatic N) is 3. The molecule has 2 fully saturated rings. The quantitative estimate of drug-likeness (QED) is 0.832. The molecule has 6 heteroatoms. The Kier molecular flexibility index (Phi) is 6.01. The zero-order chi connectivity index (χ0) is 18.5. The summed E-state index contributed by atoms with van der Waals surface area (Å²) in [6.07, 6.45) is 1.20. The average Bonchev–Trinajstić information content (AvgIpc) is 2.68. The van der Waals surface area contributed by atoms with E-state index in [0.29, 0.717) is 19.7 Å². The molecule has 0 N–H and O–H groups in total. The zero-order valence-electron chi connectivity index (χ0n) is 15.8. The number of amides is 2. The second kappa shape index (κ2) is 8.43. The maximum Gasteiger partial charge on any atom is 0.409 e. The van der Waals surface area contributed by atoms with Crippen molar-refractivity contribution in [1.82, 2.24) is 9.80 Å². The van der Waals surface area contributed by atoms with Gasteiger partial charge in [0.2, 0.25) is 5.91 Å². The highest BCUT2D eigenvalue weighted by Crippen LogP contribution is 2.23. The van der Waals surface area contributed by atoms with Gasteiger partial charge in [0.05, 0.1) is 6.61 Å². The topological polar surface area (TPSA) is 53.1 Å². The Morgan fingerprint density at radius 3 is 2.35 bits per heavy atom. The van der Waals surface area contributed by atoms with Crippen LogP contribution in [0.25, 0.3) is 0 Å². The lowest BCUT2D eigenvalue weighted by Crippen LogP contribution is -2.52. The SMILES string of the molecule is CCOC(=O)N1CCC(C(=O)N2CCN(c3cccc(C)c3)CC2)CC1. The van der Waals surface area contributed by atoms with Crippen molar-refractivity contribution in [3.8, 4) is 0 Å². The van der Waals surface area contributed by atoms with Gasteiger partial charge in [-0.1, -0.05) is 12.1 Å². The van der Waals surface area contributed by atoms with Gasteiger partial charge in [-0.3, -0.25) is 4.79 Å². The van der Waals surface area contributed by atoms with Crippen molar-refractivity contribution in [3.05, 3.63) is 29.8 Å². The van der Waals surface area contributed by atoms with E-state index in [1.807, 2.05) is 11.8 Å². The van der Waals surface area contributed by atoms with Crippen LogP contribution in [0.15, 0.2) is 24.3 Å². The standard InChI is InChI=1S/C20H29N3O3/c1-3-26-20(25)23-9-7-17(8-10-23)19(24)22-13-11-21(12-14-22)18-6-4-5-16(2)15-18/h4-6,15,17H,3,7-14H2,1-2H3. The van der Waals surface area contributed by atoms with Crippen LogP contribution in [0, 0.1) is 12.8 Å². The summed E-state index contributed by atoms with van der Waals surface area (Å²) < 4.78 is 5.04. The van der Waals surface area contributed by atoms with Crippen molar-refractivity contribution in [2.75, 3.05) is 50.8 Å². The van der Waals surface area contributed by atoms with Gasteiger partial charge in [0.1, 0.15) is 0 Å². The van der Waals surface area contributed by atoms with Gasteiger partial charge in [-0.05, 0) is 44.4 Å². The number of anilines is 1. The monoisotopic (exact) mass is 359 g/mol. The molecule has 2 aliphatic rings. The number of aryl methyl sites for hydroxylation is 1. The number of carbonyl (C=O) groups excluding carboxylic acids is 2. The van der Waals surface area contributed by atoms with E-state index in [0.717, 1.165) is 39.0 Å². The number of ether oxygens (including phenoxy) is 1. The predicted molar refractivity (Wildman–Crippen MR) is 101 cm³/mol. The highest BCUT2D eigenvalue weighted by molar-refractivity contribution is 5.79. The molecule has 0 aliphatic carbocycles. The summed E-state index contributed by atoms with van der Waals surface area (Å²) in [5.74, 6) is 0.281. The Bertz CT molecular complexity index is 633. The van der Waals surface area contributed by atoms with Crippen LogP contribution in [0.5, 0.6) is 0 Å². The van der Waals surface area contributed by atoms with Crippen LogP contribution < -0.4 is 4.90 Å². The highest BCUT2D eigenvalue weighted by atomic mass is 16.6. The molecule has 0 spiro atoms. The van der Waals surface area contributed by atoms with Gasteiger partial charge in [-0.25, -0.2) is 4.79 Å². The third-order valence-corrected chi connectivity index (χ3v) is 5.33. The second-order valence-electron chi connectivity index (χ2n) is 7.11. The van der Waals surface area contributed by atoms with E-state index in [1.165, 1.54) is 11.3 Å². The summed E-state index contributed by atoms with van der Waals surface area (Å²) in [6.45, 7) is 8.81. The summed E-state index contributed by atoms with van der Waals surface area (Å²) in [6, 6.07) is 8.52. The number of carbonyl (C=O) groups is 2. The minimum Gasteiger partial charge on any atom is -0.450 e. The highest BCUT2D eigenvalue weighted by Gasteiger charge is 2.32. The summed E-state index contributed by atoms with van der Waals surface area (Å²) in [5, 5.41) is 0. The fraction of sp³-hybridized carbons (Fsp3) is 0.600. The van der Waals surface area contributed by atoms with E-state index >= 15 is 0 Å². The largest absolute Gasteiger partial charge is 0.450 e. The lowest BCUT2D eigenvalue weighted by atomic mass is 9.95. The summed E-state index contributed by atoms with van der Waals surface area (Å²) >= 11 is 0. The number of hydrogen-bond acceptors (Lipinski definition) is 4. The number of rotatable bonds is 3. The minimum absolute atomic E-state index is 0.0335. The van der Waals surface area contributed by atoms with Crippen LogP contribution in [-0.4, -0.2) is 67.7 Å². The normalized spacial score (nSPS) is 18.8. The summed E-state index contributed by atoms with van der Waals surface area (Å²) in [5.41, 5.74) is 2.49. The van der Waals surface area contributed by atoms with E-state index in [-0.39, 0.29) is 17.9 Å². The molecule has 1 aromatic rings. The van der Waals surface area contributed by atoms with Gasteiger partial charge >= 0.3 is 6.09 Å². The first kappa shape index (κ1) is 18.5. The molecule has 0 unspecified atom stereocenters. The molecule has 1 aromatic carbocycles. The Balaban J connectivity index is 1.48. The van der Waals surface area contributed by atoms with Crippen LogP contribution in [0.4, 0.5) is 10.5 Å². The Morgan fingerprint density at radius 2 is 1.73 bits per heavy atom. The molecule has 2 aliphatic heterocycles. The number of likely N-dealkylation sites (tertiary alicyclic amines) is 1. The van der Waals surface area contributed by atoms with Gasteiger partial charge in [0, 0.05) is 50.9 Å². The number of benzene rings is 1. The number of hydrogen-bond donors (Lipinski definition) is 0. The smallest absolute Gasteiger partial charge is 0.409 e. The minimum atomic E-state index is -0.259. The van der Waals surface area contributed by atoms with Crippen molar-refractivity contribution in [2.45, 2.75) is 26.7 Å².